The lowest BCUT2D eigenvalue weighted by Crippen LogP contribution is -2.27. The number of hydrogen-bond donors (Lipinski definition) is 1. The number of benzene rings is 2. The van der Waals surface area contributed by atoms with Crippen LogP contribution in [0.25, 0.3) is 33.5 Å². The summed E-state index contributed by atoms with van der Waals surface area (Å²) in [4.78, 5) is 17.8. The molecule has 0 bridgehead atoms. The van der Waals surface area contributed by atoms with E-state index >= 15 is 0 Å². The minimum atomic E-state index is -0.414. The molecule has 7 rings (SSSR count). The lowest BCUT2D eigenvalue weighted by Gasteiger charge is -2.25. The van der Waals surface area contributed by atoms with Gasteiger partial charge in [0.15, 0.2) is 5.82 Å². The normalized spacial score (nSPS) is 16.1. The molecule has 0 unspecified atom stereocenters. The fraction of sp³-hybridized carbons (Fsp3) is 0.406. The number of imidazole rings is 1. The Balaban J connectivity index is 1.48. The Morgan fingerprint density at radius 1 is 1.05 bits per heavy atom. The van der Waals surface area contributed by atoms with Gasteiger partial charge in [0.2, 0.25) is 0 Å². The standard InChI is InChI=1S/C32H36N6O3/c1-36-17-21(16-34-36)19-38-30-26(13-24(32(39)41-3)15-28(30)40-2)35-31(38)27-14-23-5-4-6-25(22-9-11-33-12-10-22)29(23)37(27)18-20-7-8-20/h4-6,13-17,20,22,33H,7-12,18-19H2,1-3H3. The topological polar surface area (TPSA) is 88.1 Å². The van der Waals surface area contributed by atoms with E-state index in [9.17, 15) is 4.79 Å². The molecule has 5 aromatic rings. The molecule has 41 heavy (non-hydrogen) atoms. The number of methoxy groups -OCH3 is 2. The van der Waals surface area contributed by atoms with Gasteiger partial charge in [-0.05, 0) is 74.4 Å². The van der Waals surface area contributed by atoms with Gasteiger partial charge in [0.1, 0.15) is 11.3 Å². The Bertz CT molecular complexity index is 1750. The van der Waals surface area contributed by atoms with Crippen molar-refractivity contribution < 1.29 is 14.3 Å². The number of hydrogen-bond acceptors (Lipinski definition) is 6. The number of carbonyl (C=O) groups excluding carboxylic acids is 1. The van der Waals surface area contributed by atoms with Crippen LogP contribution in [0, 0.1) is 5.92 Å². The van der Waals surface area contributed by atoms with Gasteiger partial charge in [-0.2, -0.15) is 5.10 Å². The highest BCUT2D eigenvalue weighted by molar-refractivity contribution is 5.98. The van der Waals surface area contributed by atoms with Crippen molar-refractivity contribution in [1.29, 1.82) is 0 Å². The smallest absolute Gasteiger partial charge is 0.338 e. The molecule has 0 atom stereocenters. The van der Waals surface area contributed by atoms with Crippen molar-refractivity contribution >= 4 is 27.9 Å². The number of nitrogens with zero attached hydrogens (tertiary/aromatic N) is 5. The Kier molecular flexibility index (Phi) is 6.54. The molecule has 212 valence electrons. The maximum Gasteiger partial charge on any atom is 0.338 e. The minimum Gasteiger partial charge on any atom is -0.494 e. The summed E-state index contributed by atoms with van der Waals surface area (Å²) >= 11 is 0. The first-order chi connectivity index (χ1) is 20.0. The third-order valence-corrected chi connectivity index (χ3v) is 8.64. The first-order valence-corrected chi connectivity index (χ1v) is 14.5. The highest BCUT2D eigenvalue weighted by atomic mass is 16.5. The Hall–Kier alpha value is -4.11. The fourth-order valence-corrected chi connectivity index (χ4v) is 6.46. The summed E-state index contributed by atoms with van der Waals surface area (Å²) in [6.45, 7) is 3.65. The number of aromatic nitrogens is 5. The van der Waals surface area contributed by atoms with E-state index in [1.165, 1.54) is 36.4 Å². The Morgan fingerprint density at radius 2 is 1.88 bits per heavy atom. The highest BCUT2D eigenvalue weighted by Gasteiger charge is 2.29. The molecule has 1 aliphatic carbocycles. The van der Waals surface area contributed by atoms with Crippen molar-refractivity contribution in [2.45, 2.75) is 44.7 Å². The summed E-state index contributed by atoms with van der Waals surface area (Å²) in [5.74, 6) is 2.26. The maximum absolute atomic E-state index is 12.5. The van der Waals surface area contributed by atoms with Crippen LogP contribution in [0.3, 0.4) is 0 Å². The molecule has 9 nitrogen and oxygen atoms in total. The number of nitrogens with one attached hydrogen (secondary N) is 1. The van der Waals surface area contributed by atoms with E-state index in [1.54, 1.807) is 19.2 Å². The molecule has 0 radical (unpaired) electrons. The van der Waals surface area contributed by atoms with Crippen LogP contribution in [0.2, 0.25) is 0 Å². The molecule has 1 saturated carbocycles. The second-order valence-electron chi connectivity index (χ2n) is 11.5. The minimum absolute atomic E-state index is 0.414. The van der Waals surface area contributed by atoms with Crippen molar-refractivity contribution in [3.8, 4) is 17.3 Å². The summed E-state index contributed by atoms with van der Waals surface area (Å²) in [6.07, 6.45) is 8.74. The zero-order chi connectivity index (χ0) is 28.1. The number of fused-ring (bicyclic) bond motifs is 2. The average Bonchev–Trinajstić information content (AvgIpc) is 3.45. The van der Waals surface area contributed by atoms with Crippen LogP contribution < -0.4 is 10.1 Å². The molecular formula is C32H36N6O3. The van der Waals surface area contributed by atoms with Crippen LogP contribution in [0.1, 0.15) is 53.1 Å². The molecule has 9 heteroatoms. The van der Waals surface area contributed by atoms with Gasteiger partial charge in [-0.15, -0.1) is 0 Å². The van der Waals surface area contributed by atoms with Crippen LogP contribution in [0.15, 0.2) is 48.8 Å². The molecular weight excluding hydrogens is 516 g/mol. The van der Waals surface area contributed by atoms with Gasteiger partial charge in [0.25, 0.3) is 0 Å². The van der Waals surface area contributed by atoms with Gasteiger partial charge in [-0.3, -0.25) is 4.68 Å². The van der Waals surface area contributed by atoms with Crippen molar-refractivity contribution in [1.82, 2.24) is 29.2 Å². The number of piperidine rings is 1. The average molecular weight is 553 g/mol. The van der Waals surface area contributed by atoms with E-state index < -0.39 is 5.97 Å². The third kappa shape index (κ3) is 4.68. The first-order valence-electron chi connectivity index (χ1n) is 14.5. The molecule has 3 aromatic heterocycles. The van der Waals surface area contributed by atoms with Gasteiger partial charge in [-0.25, -0.2) is 9.78 Å². The number of esters is 1. The molecule has 0 spiro atoms. The molecule has 2 fully saturated rings. The maximum atomic E-state index is 12.5. The molecule has 4 heterocycles. The molecule has 0 amide bonds. The van der Waals surface area contributed by atoms with Crippen LogP contribution >= 0.6 is 0 Å². The second kappa shape index (κ2) is 10.4. The van der Waals surface area contributed by atoms with E-state index in [2.05, 4.69) is 43.8 Å². The summed E-state index contributed by atoms with van der Waals surface area (Å²) in [7, 11) is 4.95. The van der Waals surface area contributed by atoms with Gasteiger partial charge >= 0.3 is 5.97 Å². The molecule has 1 N–H and O–H groups in total. The summed E-state index contributed by atoms with van der Waals surface area (Å²) in [6, 6.07) is 12.6. The summed E-state index contributed by atoms with van der Waals surface area (Å²) in [5, 5.41) is 9.19. The molecule has 1 aliphatic heterocycles. The van der Waals surface area contributed by atoms with E-state index in [-0.39, 0.29) is 0 Å². The largest absolute Gasteiger partial charge is 0.494 e. The highest BCUT2D eigenvalue weighted by Crippen LogP contribution is 2.41. The quantitative estimate of drug-likeness (QED) is 0.269. The molecule has 2 aromatic carbocycles. The number of carbonyl (C=O) groups is 1. The number of rotatable bonds is 8. The lowest BCUT2D eigenvalue weighted by atomic mass is 9.89. The predicted molar refractivity (Wildman–Crippen MR) is 158 cm³/mol. The monoisotopic (exact) mass is 552 g/mol. The van der Waals surface area contributed by atoms with Gasteiger partial charge in [0.05, 0.1) is 49.3 Å². The fourth-order valence-electron chi connectivity index (χ4n) is 6.46. The van der Waals surface area contributed by atoms with Crippen molar-refractivity contribution in [3.05, 3.63) is 65.5 Å². The van der Waals surface area contributed by atoms with E-state index in [4.69, 9.17) is 14.5 Å². The van der Waals surface area contributed by atoms with E-state index in [1.807, 2.05) is 24.1 Å². The van der Waals surface area contributed by atoms with Crippen LogP contribution in [0.4, 0.5) is 0 Å². The zero-order valence-electron chi connectivity index (χ0n) is 23.9. The van der Waals surface area contributed by atoms with Gasteiger partial charge < -0.3 is 23.9 Å². The molecule has 1 saturated heterocycles. The van der Waals surface area contributed by atoms with E-state index in [0.29, 0.717) is 35.2 Å². The summed E-state index contributed by atoms with van der Waals surface area (Å²) in [5.41, 5.74) is 6.90. The lowest BCUT2D eigenvalue weighted by molar-refractivity contribution is 0.0600. The second-order valence-corrected chi connectivity index (χ2v) is 11.5. The van der Waals surface area contributed by atoms with Crippen molar-refractivity contribution in [3.63, 3.8) is 0 Å². The van der Waals surface area contributed by atoms with Gasteiger partial charge in [-0.1, -0.05) is 18.2 Å². The Labute approximate surface area is 239 Å². The number of para-hydroxylation sites is 1. The van der Waals surface area contributed by atoms with Crippen LogP contribution in [-0.2, 0) is 24.9 Å². The predicted octanol–water partition coefficient (Wildman–Crippen LogP) is 5.11. The van der Waals surface area contributed by atoms with E-state index in [0.717, 1.165) is 55.1 Å². The first kappa shape index (κ1) is 25.8. The van der Waals surface area contributed by atoms with Crippen molar-refractivity contribution in [2.24, 2.45) is 13.0 Å². The third-order valence-electron chi connectivity index (χ3n) is 8.64. The SMILES string of the molecule is COC(=O)c1cc(OC)c2c(c1)nc(-c1cc3cccc(C4CCNCC4)c3n1CC1CC1)n2Cc1cnn(C)c1. The number of aryl methyl sites for hydroxylation is 1. The summed E-state index contributed by atoms with van der Waals surface area (Å²) < 4.78 is 17.5. The zero-order valence-corrected chi connectivity index (χ0v) is 23.9. The van der Waals surface area contributed by atoms with Crippen molar-refractivity contribution in [2.75, 3.05) is 27.3 Å². The molecule has 2 aliphatic rings. The van der Waals surface area contributed by atoms with Crippen LogP contribution in [0.5, 0.6) is 5.75 Å². The number of ether oxygens (including phenoxy) is 2. The van der Waals surface area contributed by atoms with Gasteiger partial charge in [0, 0.05) is 30.7 Å². The Morgan fingerprint density at radius 3 is 2.59 bits per heavy atom. The van der Waals surface area contributed by atoms with Crippen LogP contribution in [-0.4, -0.2) is 57.2 Å².